The number of nitro benzene ring substituents is 1. The molecule has 0 bridgehead atoms. The van der Waals surface area contributed by atoms with Crippen LogP contribution in [0.4, 0.5) is 5.69 Å². The fraction of sp³-hybridized carbons (Fsp3) is 0.357. The topological polar surface area (TPSA) is 104 Å². The second-order valence-electron chi connectivity index (χ2n) is 4.50. The van der Waals surface area contributed by atoms with Crippen molar-refractivity contribution in [3.8, 4) is 0 Å². The standard InChI is InChI=1S/C14H17NO6S/c1-3-21-14(16)6-4-5-11(2)22(19,20)13-9-7-12(8-10-13)15(17)18/h4,6-11H,3,5H2,1-2H3/b6-4+. The number of carbonyl (C=O) groups excluding carboxylic acids is 1. The predicted molar refractivity (Wildman–Crippen MR) is 80.1 cm³/mol. The minimum Gasteiger partial charge on any atom is -0.463 e. The summed E-state index contributed by atoms with van der Waals surface area (Å²) in [7, 11) is -3.62. The molecule has 8 heteroatoms. The van der Waals surface area contributed by atoms with Crippen molar-refractivity contribution in [1.82, 2.24) is 0 Å². The third-order valence-electron chi connectivity index (χ3n) is 2.91. The Morgan fingerprint density at radius 2 is 1.95 bits per heavy atom. The van der Waals surface area contributed by atoms with E-state index in [4.69, 9.17) is 4.74 Å². The SMILES string of the molecule is CCOC(=O)/C=C/CC(C)S(=O)(=O)c1ccc([N+](=O)[O-])cc1. The Morgan fingerprint density at radius 3 is 2.45 bits per heavy atom. The molecule has 0 aromatic heterocycles. The number of allylic oxidation sites excluding steroid dienone is 1. The summed E-state index contributed by atoms with van der Waals surface area (Å²) in [5.74, 6) is -0.526. The smallest absolute Gasteiger partial charge is 0.330 e. The molecule has 1 aromatic rings. The summed E-state index contributed by atoms with van der Waals surface area (Å²) in [6, 6.07) is 4.71. The molecular formula is C14H17NO6S. The molecule has 0 aliphatic heterocycles. The van der Waals surface area contributed by atoms with Crippen molar-refractivity contribution >= 4 is 21.5 Å². The monoisotopic (exact) mass is 327 g/mol. The lowest BCUT2D eigenvalue weighted by Gasteiger charge is -2.10. The molecule has 0 spiro atoms. The average molecular weight is 327 g/mol. The summed E-state index contributed by atoms with van der Waals surface area (Å²) in [5.41, 5.74) is -0.172. The van der Waals surface area contributed by atoms with Gasteiger partial charge < -0.3 is 4.74 Å². The highest BCUT2D eigenvalue weighted by molar-refractivity contribution is 7.92. The number of carbonyl (C=O) groups is 1. The summed E-state index contributed by atoms with van der Waals surface area (Å²) >= 11 is 0. The number of hydrogen-bond acceptors (Lipinski definition) is 6. The molecule has 1 atom stereocenters. The first-order valence-electron chi connectivity index (χ1n) is 6.60. The zero-order chi connectivity index (χ0) is 16.8. The van der Waals surface area contributed by atoms with E-state index in [9.17, 15) is 23.3 Å². The molecular weight excluding hydrogens is 310 g/mol. The first-order valence-corrected chi connectivity index (χ1v) is 8.15. The van der Waals surface area contributed by atoms with Crippen LogP contribution in [0.1, 0.15) is 20.3 Å². The van der Waals surface area contributed by atoms with Crippen molar-refractivity contribution in [2.75, 3.05) is 6.61 Å². The Kier molecular flexibility index (Phi) is 6.24. The fourth-order valence-corrected chi connectivity index (χ4v) is 3.01. The van der Waals surface area contributed by atoms with E-state index in [-0.39, 0.29) is 23.6 Å². The van der Waals surface area contributed by atoms with E-state index in [1.165, 1.54) is 31.2 Å². The molecule has 0 saturated carbocycles. The Hall–Kier alpha value is -2.22. The van der Waals surface area contributed by atoms with Crippen LogP contribution in [0.3, 0.4) is 0 Å². The van der Waals surface area contributed by atoms with Gasteiger partial charge in [-0.1, -0.05) is 6.08 Å². The van der Waals surface area contributed by atoms with Gasteiger partial charge in [0.05, 0.1) is 21.7 Å². The number of nitrogens with zero attached hydrogens (tertiary/aromatic N) is 1. The first-order chi connectivity index (χ1) is 10.3. The van der Waals surface area contributed by atoms with Crippen LogP contribution in [0.15, 0.2) is 41.3 Å². The van der Waals surface area contributed by atoms with Crippen LogP contribution in [0.2, 0.25) is 0 Å². The van der Waals surface area contributed by atoms with E-state index in [1.807, 2.05) is 0 Å². The molecule has 0 aliphatic rings. The van der Waals surface area contributed by atoms with Crippen molar-refractivity contribution in [2.24, 2.45) is 0 Å². The van der Waals surface area contributed by atoms with E-state index in [1.54, 1.807) is 6.92 Å². The third-order valence-corrected chi connectivity index (χ3v) is 5.10. The van der Waals surface area contributed by atoms with Gasteiger partial charge in [-0.3, -0.25) is 10.1 Å². The van der Waals surface area contributed by atoms with Crippen LogP contribution in [-0.4, -0.2) is 31.2 Å². The summed E-state index contributed by atoms with van der Waals surface area (Å²) < 4.78 is 29.3. The van der Waals surface area contributed by atoms with Crippen LogP contribution in [-0.2, 0) is 19.4 Å². The Balaban J connectivity index is 2.80. The second-order valence-corrected chi connectivity index (χ2v) is 6.86. The lowest BCUT2D eigenvalue weighted by molar-refractivity contribution is -0.384. The van der Waals surface area contributed by atoms with E-state index in [2.05, 4.69) is 0 Å². The highest BCUT2D eigenvalue weighted by Gasteiger charge is 2.23. The average Bonchev–Trinajstić information content (AvgIpc) is 2.47. The van der Waals surface area contributed by atoms with Crippen molar-refractivity contribution < 1.29 is 22.9 Å². The van der Waals surface area contributed by atoms with Crippen molar-refractivity contribution in [3.05, 3.63) is 46.5 Å². The van der Waals surface area contributed by atoms with Gasteiger partial charge in [-0.25, -0.2) is 13.2 Å². The van der Waals surface area contributed by atoms with Gasteiger partial charge in [0.1, 0.15) is 0 Å². The number of esters is 1. The van der Waals surface area contributed by atoms with Crippen molar-refractivity contribution in [2.45, 2.75) is 30.4 Å². The molecule has 0 N–H and O–H groups in total. The Morgan fingerprint density at radius 1 is 1.36 bits per heavy atom. The summed E-state index contributed by atoms with van der Waals surface area (Å²) in [5, 5.41) is 9.79. The van der Waals surface area contributed by atoms with Gasteiger partial charge in [0.2, 0.25) is 0 Å². The van der Waals surface area contributed by atoms with Crippen LogP contribution in [0, 0.1) is 10.1 Å². The summed E-state index contributed by atoms with van der Waals surface area (Å²) in [6.07, 6.45) is 2.76. The van der Waals surface area contributed by atoms with E-state index >= 15 is 0 Å². The molecule has 1 aromatic carbocycles. The molecule has 22 heavy (non-hydrogen) atoms. The summed E-state index contributed by atoms with van der Waals surface area (Å²) in [6.45, 7) is 3.43. The molecule has 0 saturated heterocycles. The molecule has 0 amide bonds. The maximum atomic E-state index is 12.3. The predicted octanol–water partition coefficient (Wildman–Crippen LogP) is 2.27. The normalized spacial score (nSPS) is 13.0. The van der Waals surface area contributed by atoms with Gasteiger partial charge in [0.25, 0.3) is 5.69 Å². The molecule has 0 fully saturated rings. The van der Waals surface area contributed by atoms with Crippen molar-refractivity contribution in [3.63, 3.8) is 0 Å². The number of rotatable bonds is 7. The first kappa shape index (κ1) is 17.8. The van der Waals surface area contributed by atoms with Crippen LogP contribution in [0.5, 0.6) is 0 Å². The third kappa shape index (κ3) is 4.66. The van der Waals surface area contributed by atoms with Gasteiger partial charge >= 0.3 is 5.97 Å². The maximum Gasteiger partial charge on any atom is 0.330 e. The van der Waals surface area contributed by atoms with E-state index in [0.29, 0.717) is 0 Å². The van der Waals surface area contributed by atoms with Gasteiger partial charge in [-0.05, 0) is 32.4 Å². The lowest BCUT2D eigenvalue weighted by Crippen LogP contribution is -2.17. The second kappa shape index (κ2) is 7.69. The molecule has 120 valence electrons. The number of benzene rings is 1. The van der Waals surface area contributed by atoms with Gasteiger partial charge in [0.15, 0.2) is 9.84 Å². The largest absolute Gasteiger partial charge is 0.463 e. The van der Waals surface area contributed by atoms with Gasteiger partial charge in [-0.15, -0.1) is 0 Å². The maximum absolute atomic E-state index is 12.3. The van der Waals surface area contributed by atoms with Gasteiger partial charge in [0, 0.05) is 18.2 Å². The van der Waals surface area contributed by atoms with Crippen LogP contribution in [0.25, 0.3) is 0 Å². The number of hydrogen-bond donors (Lipinski definition) is 0. The van der Waals surface area contributed by atoms with Gasteiger partial charge in [-0.2, -0.15) is 0 Å². The van der Waals surface area contributed by atoms with E-state index in [0.717, 1.165) is 12.1 Å². The van der Waals surface area contributed by atoms with Crippen molar-refractivity contribution in [1.29, 1.82) is 0 Å². The Labute approximate surface area is 128 Å². The lowest BCUT2D eigenvalue weighted by atomic mass is 10.3. The fourth-order valence-electron chi connectivity index (χ4n) is 1.66. The van der Waals surface area contributed by atoms with Crippen LogP contribution < -0.4 is 0 Å². The highest BCUT2D eigenvalue weighted by Crippen LogP contribution is 2.21. The Bertz CT molecular complexity index is 663. The highest BCUT2D eigenvalue weighted by atomic mass is 32.2. The van der Waals surface area contributed by atoms with Crippen LogP contribution >= 0.6 is 0 Å². The molecule has 0 radical (unpaired) electrons. The molecule has 1 rings (SSSR count). The minimum absolute atomic E-state index is 0.00938. The zero-order valence-corrected chi connectivity index (χ0v) is 13.1. The minimum atomic E-state index is -3.62. The zero-order valence-electron chi connectivity index (χ0n) is 12.3. The van der Waals surface area contributed by atoms with E-state index < -0.39 is 26.0 Å². The number of nitro groups is 1. The number of ether oxygens (including phenoxy) is 1. The number of non-ortho nitro benzene ring substituents is 1. The molecule has 0 aliphatic carbocycles. The molecule has 0 heterocycles. The molecule has 7 nitrogen and oxygen atoms in total. The quantitative estimate of drug-likeness (QED) is 0.329. The number of sulfone groups is 1. The molecule has 1 unspecified atom stereocenters. The summed E-state index contributed by atoms with van der Waals surface area (Å²) in [4.78, 5) is 21.1.